The van der Waals surface area contributed by atoms with Gasteiger partial charge in [-0.2, -0.15) is 0 Å². The molecule has 9 heteroatoms. The summed E-state index contributed by atoms with van der Waals surface area (Å²) >= 11 is 0. The summed E-state index contributed by atoms with van der Waals surface area (Å²) in [5, 5.41) is 0. The van der Waals surface area contributed by atoms with Crippen LogP contribution in [0.4, 0.5) is 0 Å². The Morgan fingerprint density at radius 1 is 0.464 bits per heavy atom. The maximum absolute atomic E-state index is 12.4. The molecule has 0 radical (unpaired) electrons. The van der Waals surface area contributed by atoms with Crippen LogP contribution in [0.15, 0.2) is 109 Å². The van der Waals surface area contributed by atoms with Crippen molar-refractivity contribution >= 4 is 19.8 Å². The molecule has 0 saturated carbocycles. The third-order valence-electron chi connectivity index (χ3n) is 8.29. The predicted octanol–water partition coefficient (Wildman–Crippen LogP) is 13.2. The first-order chi connectivity index (χ1) is 27.3. The van der Waals surface area contributed by atoms with Crippen LogP contribution in [0.25, 0.3) is 0 Å². The van der Waals surface area contributed by atoms with Gasteiger partial charge < -0.3 is 19.3 Å². The van der Waals surface area contributed by atoms with Crippen LogP contribution in [0.1, 0.15) is 155 Å². The fraction of sp³-hybridized carbons (Fsp3) is 0.574. The summed E-state index contributed by atoms with van der Waals surface area (Å²) < 4.78 is 26.3. The molecule has 0 amide bonds. The molecule has 8 nitrogen and oxygen atoms in total. The first kappa shape index (κ1) is 52.7. The first-order valence-electron chi connectivity index (χ1n) is 21.2. The zero-order valence-corrected chi connectivity index (χ0v) is 35.6. The van der Waals surface area contributed by atoms with E-state index in [0.717, 1.165) is 83.5 Å². The largest absolute Gasteiger partial charge is 0.469 e. The number of unbranched alkanes of at least 4 members (excludes halogenated alkanes) is 9. The van der Waals surface area contributed by atoms with Crippen molar-refractivity contribution in [2.24, 2.45) is 0 Å². The molecule has 0 aliphatic heterocycles. The molecular formula is C47H75O8P. The summed E-state index contributed by atoms with van der Waals surface area (Å²) in [5.41, 5.74) is 0. The fourth-order valence-corrected chi connectivity index (χ4v) is 5.58. The van der Waals surface area contributed by atoms with Gasteiger partial charge in [0.05, 0.1) is 6.61 Å². The Hall–Kier alpha value is -3.29. The smallest absolute Gasteiger partial charge is 0.462 e. The molecule has 316 valence electrons. The highest BCUT2D eigenvalue weighted by atomic mass is 31.2. The summed E-state index contributed by atoms with van der Waals surface area (Å²) in [6.45, 7) is 3.39. The Morgan fingerprint density at radius 3 is 1.25 bits per heavy atom. The summed E-state index contributed by atoms with van der Waals surface area (Å²) in [4.78, 5) is 42.9. The van der Waals surface area contributed by atoms with E-state index in [4.69, 9.17) is 19.3 Å². The number of phosphoric ester groups is 1. The van der Waals surface area contributed by atoms with Crippen LogP contribution < -0.4 is 0 Å². The van der Waals surface area contributed by atoms with Gasteiger partial charge in [-0.25, -0.2) is 4.57 Å². The Morgan fingerprint density at radius 2 is 0.821 bits per heavy atom. The third-order valence-corrected chi connectivity index (χ3v) is 8.77. The van der Waals surface area contributed by atoms with Crippen molar-refractivity contribution in [1.29, 1.82) is 0 Å². The van der Waals surface area contributed by atoms with Gasteiger partial charge >= 0.3 is 19.8 Å². The van der Waals surface area contributed by atoms with E-state index in [1.165, 1.54) is 25.7 Å². The summed E-state index contributed by atoms with van der Waals surface area (Å²) in [6.07, 6.45) is 58.1. The molecule has 56 heavy (non-hydrogen) atoms. The minimum atomic E-state index is -4.78. The van der Waals surface area contributed by atoms with Gasteiger partial charge in [0.2, 0.25) is 0 Å². The second-order valence-electron chi connectivity index (χ2n) is 13.5. The standard InChI is InChI=1S/C47H75O8P/c1-3-5-7-9-11-13-15-17-19-21-22-23-24-26-27-29-31-33-35-37-39-41-46(48)53-43-45(44-54-56(50,51)52)55-47(49)42-40-38-36-34-32-30-28-25-20-18-16-14-12-10-8-6-4-2/h5-8,11-14,17-20,22-23,28,30,34,36,45H,3-4,9-10,15-16,21,24-27,29,31-33,35,37-44H2,1-2H3,(H2,50,51,52)/b7-5-,8-6-,13-11-,14-12-,19-17-,20-18-,23-22-,30-28-,36-34-. The lowest BCUT2D eigenvalue weighted by Crippen LogP contribution is -2.29. The molecule has 0 saturated heterocycles. The summed E-state index contributed by atoms with van der Waals surface area (Å²) in [7, 11) is -4.78. The number of esters is 2. The van der Waals surface area contributed by atoms with E-state index in [-0.39, 0.29) is 19.4 Å². The molecule has 0 spiro atoms. The molecule has 0 heterocycles. The molecule has 0 aliphatic rings. The van der Waals surface area contributed by atoms with Crippen molar-refractivity contribution in [3.05, 3.63) is 109 Å². The number of ether oxygens (including phenoxy) is 2. The van der Waals surface area contributed by atoms with E-state index in [0.29, 0.717) is 19.3 Å². The summed E-state index contributed by atoms with van der Waals surface area (Å²) in [6, 6.07) is 0. The van der Waals surface area contributed by atoms with Gasteiger partial charge in [0, 0.05) is 12.8 Å². The van der Waals surface area contributed by atoms with Gasteiger partial charge in [0.15, 0.2) is 6.10 Å². The molecule has 1 atom stereocenters. The maximum atomic E-state index is 12.4. The molecule has 0 rings (SSSR count). The number of rotatable bonds is 37. The Balaban J connectivity index is 4.03. The lowest BCUT2D eigenvalue weighted by atomic mass is 10.1. The van der Waals surface area contributed by atoms with Crippen molar-refractivity contribution in [2.75, 3.05) is 13.2 Å². The van der Waals surface area contributed by atoms with Crippen LogP contribution in [0.5, 0.6) is 0 Å². The molecule has 0 aromatic carbocycles. The van der Waals surface area contributed by atoms with Crippen molar-refractivity contribution in [3.63, 3.8) is 0 Å². The van der Waals surface area contributed by atoms with Crippen molar-refractivity contribution in [3.8, 4) is 0 Å². The van der Waals surface area contributed by atoms with Gasteiger partial charge in [0.1, 0.15) is 6.61 Å². The van der Waals surface area contributed by atoms with Gasteiger partial charge in [-0.1, -0.05) is 162 Å². The minimum absolute atomic E-state index is 0.125. The van der Waals surface area contributed by atoms with E-state index in [1.807, 2.05) is 12.2 Å². The highest BCUT2D eigenvalue weighted by Crippen LogP contribution is 2.36. The predicted molar refractivity (Wildman–Crippen MR) is 234 cm³/mol. The van der Waals surface area contributed by atoms with Crippen molar-refractivity contribution < 1.29 is 37.9 Å². The average Bonchev–Trinajstić information content (AvgIpc) is 3.17. The highest BCUT2D eigenvalue weighted by Gasteiger charge is 2.22. The van der Waals surface area contributed by atoms with Crippen LogP contribution in [-0.2, 0) is 28.2 Å². The highest BCUT2D eigenvalue weighted by molar-refractivity contribution is 7.46. The first-order valence-corrected chi connectivity index (χ1v) is 22.7. The van der Waals surface area contributed by atoms with Crippen LogP contribution in [0.2, 0.25) is 0 Å². The second-order valence-corrected chi connectivity index (χ2v) is 14.8. The van der Waals surface area contributed by atoms with Gasteiger partial charge in [-0.05, 0) is 89.9 Å². The van der Waals surface area contributed by atoms with Crippen molar-refractivity contribution in [2.45, 2.75) is 161 Å². The van der Waals surface area contributed by atoms with E-state index >= 15 is 0 Å². The fourth-order valence-electron chi connectivity index (χ4n) is 5.22. The van der Waals surface area contributed by atoms with Gasteiger partial charge in [-0.15, -0.1) is 0 Å². The van der Waals surface area contributed by atoms with E-state index < -0.39 is 32.5 Å². The Bertz CT molecular complexity index is 1260. The Kier molecular flexibility index (Phi) is 38.9. The number of carbonyl (C=O) groups excluding carboxylic acids is 2. The molecular weight excluding hydrogens is 723 g/mol. The summed E-state index contributed by atoms with van der Waals surface area (Å²) in [5.74, 6) is -0.973. The minimum Gasteiger partial charge on any atom is -0.462 e. The average molecular weight is 799 g/mol. The SMILES string of the molecule is CC/C=C\C/C=C\C/C=C\C/C=C\C/C=C\CCCC(=O)OC(COC(=O)CCCCCCCCCC/C=C\C/C=C\C/C=C\C/C=C\CC)COP(=O)(O)O. The number of hydrogen-bond donors (Lipinski definition) is 2. The van der Waals surface area contributed by atoms with Gasteiger partial charge in [-0.3, -0.25) is 14.1 Å². The number of hydrogen-bond acceptors (Lipinski definition) is 6. The van der Waals surface area contributed by atoms with Gasteiger partial charge in [0.25, 0.3) is 0 Å². The quantitative estimate of drug-likeness (QED) is 0.0276. The zero-order valence-electron chi connectivity index (χ0n) is 34.7. The molecule has 0 aliphatic carbocycles. The third kappa shape index (κ3) is 43.4. The number of allylic oxidation sites excluding steroid dienone is 18. The number of phosphoric acid groups is 1. The topological polar surface area (TPSA) is 119 Å². The molecule has 1 unspecified atom stereocenters. The Labute approximate surface area is 340 Å². The lowest BCUT2D eigenvalue weighted by molar-refractivity contribution is -0.161. The zero-order chi connectivity index (χ0) is 41.1. The second kappa shape index (κ2) is 41.3. The lowest BCUT2D eigenvalue weighted by Gasteiger charge is -2.18. The molecule has 0 aromatic heterocycles. The monoisotopic (exact) mass is 799 g/mol. The van der Waals surface area contributed by atoms with E-state index in [2.05, 4.69) is 116 Å². The molecule has 0 bridgehead atoms. The normalized spacial score (nSPS) is 13.6. The van der Waals surface area contributed by atoms with Crippen LogP contribution in [-0.4, -0.2) is 41.0 Å². The van der Waals surface area contributed by atoms with Crippen molar-refractivity contribution in [1.82, 2.24) is 0 Å². The maximum Gasteiger partial charge on any atom is 0.469 e. The molecule has 2 N–H and O–H groups in total. The number of carbonyl (C=O) groups is 2. The van der Waals surface area contributed by atoms with E-state index in [1.54, 1.807) is 0 Å². The van der Waals surface area contributed by atoms with Crippen LogP contribution in [0, 0.1) is 0 Å². The van der Waals surface area contributed by atoms with E-state index in [9.17, 15) is 14.2 Å². The molecule has 0 fully saturated rings. The van der Waals surface area contributed by atoms with Crippen LogP contribution in [0.3, 0.4) is 0 Å². The molecule has 0 aromatic rings. The van der Waals surface area contributed by atoms with Crippen LogP contribution >= 0.6 is 7.82 Å².